The topological polar surface area (TPSA) is 161 Å². The molecule has 39 heavy (non-hydrogen) atoms. The average molecular weight is 585 g/mol. The third-order valence-corrected chi connectivity index (χ3v) is 10.0. The van der Waals surface area contributed by atoms with Crippen LogP contribution in [0.5, 0.6) is 0 Å². The van der Waals surface area contributed by atoms with Gasteiger partial charge in [-0.3, -0.25) is 25.7 Å². The Hall–Kier alpha value is -3.92. The normalized spacial score (nSPS) is 14.3. The fraction of sp³-hybridized carbons (Fsp3) is 0.167. The Bertz CT molecular complexity index is 1680. The molecule has 0 bridgehead atoms. The maximum Gasteiger partial charge on any atom is 0.283 e. The molecule has 200 valence electrons. The van der Waals surface area contributed by atoms with Crippen LogP contribution >= 0.6 is 23.1 Å². The predicted octanol–water partition coefficient (Wildman–Crippen LogP) is 5.49. The Balaban J connectivity index is 1.39. The van der Waals surface area contributed by atoms with Crippen molar-refractivity contribution in [1.29, 1.82) is 0 Å². The van der Waals surface area contributed by atoms with E-state index in [2.05, 4.69) is 15.5 Å². The lowest BCUT2D eigenvalue weighted by molar-refractivity contribution is -0.387. The zero-order chi connectivity index (χ0) is 27.6. The molecule has 3 aromatic carbocycles. The summed E-state index contributed by atoms with van der Waals surface area (Å²) in [6, 6.07) is 15.7. The molecule has 1 fully saturated rings. The third-order valence-electron chi connectivity index (χ3n) is 5.91. The number of para-hydroxylation sites is 1. The molecule has 12 nitrogen and oxygen atoms in total. The summed E-state index contributed by atoms with van der Waals surface area (Å²) in [6.07, 6.45) is 2.73. The average Bonchev–Trinajstić information content (AvgIpc) is 3.60. The molecule has 0 radical (unpaired) electrons. The molecule has 1 aliphatic heterocycles. The maximum absolute atomic E-state index is 13.2. The largest absolute Gasteiger partial charge is 0.283 e. The van der Waals surface area contributed by atoms with Crippen molar-refractivity contribution >= 4 is 66.6 Å². The lowest BCUT2D eigenvalue weighted by atomic mass is 10.2. The highest BCUT2D eigenvalue weighted by Crippen LogP contribution is 2.39. The van der Waals surface area contributed by atoms with Crippen LogP contribution in [-0.4, -0.2) is 46.9 Å². The molecule has 0 saturated carbocycles. The number of thiazole rings is 1. The molecule has 15 heteroatoms. The smallest absolute Gasteiger partial charge is 0.277 e. The number of fused-ring (bicyclic) bond motifs is 1. The van der Waals surface area contributed by atoms with E-state index in [1.807, 2.05) is 24.3 Å². The predicted molar refractivity (Wildman–Crippen MR) is 149 cm³/mol. The summed E-state index contributed by atoms with van der Waals surface area (Å²) in [5, 5.41) is 27.1. The number of benzene rings is 3. The Morgan fingerprint density at radius 3 is 2.51 bits per heavy atom. The van der Waals surface area contributed by atoms with Crippen LogP contribution in [0.2, 0.25) is 0 Å². The molecule has 1 aromatic heterocycles. The zero-order valence-electron chi connectivity index (χ0n) is 20.1. The lowest BCUT2D eigenvalue weighted by Gasteiger charge is -2.17. The number of sulfonamides is 1. The quantitative estimate of drug-likeness (QED) is 0.152. The van der Waals surface area contributed by atoms with Gasteiger partial charge in [-0.2, -0.15) is 9.41 Å². The number of nitrogens with one attached hydrogen (secondary N) is 1. The third kappa shape index (κ3) is 5.75. The summed E-state index contributed by atoms with van der Waals surface area (Å²) in [7, 11) is -3.99. The minimum atomic E-state index is -3.99. The number of nitrogens with zero attached hydrogens (tertiary/aromatic N) is 5. The zero-order valence-corrected chi connectivity index (χ0v) is 22.5. The molecule has 2 heterocycles. The SMILES string of the molecule is O=[N+]([O-])c1ccc(N/N=C\c2ccc(Sc3nc4ccccc4s3)c([N+](=O)[O-])c2)c(S(=O)(=O)N2CCCC2)c1. The van der Waals surface area contributed by atoms with Crippen molar-refractivity contribution in [2.24, 2.45) is 5.10 Å². The van der Waals surface area contributed by atoms with Gasteiger partial charge in [-0.05, 0) is 37.1 Å². The van der Waals surface area contributed by atoms with Crippen LogP contribution in [0.15, 0.2) is 79.9 Å². The fourth-order valence-electron chi connectivity index (χ4n) is 4.01. The number of hydrogen-bond acceptors (Lipinski definition) is 11. The van der Waals surface area contributed by atoms with E-state index in [0.29, 0.717) is 40.7 Å². The van der Waals surface area contributed by atoms with Gasteiger partial charge in [-0.25, -0.2) is 13.4 Å². The number of hydrogen-bond donors (Lipinski definition) is 1. The van der Waals surface area contributed by atoms with Crippen LogP contribution < -0.4 is 5.43 Å². The van der Waals surface area contributed by atoms with Crippen LogP contribution in [0.4, 0.5) is 17.1 Å². The maximum atomic E-state index is 13.2. The van der Waals surface area contributed by atoms with Crippen molar-refractivity contribution in [2.45, 2.75) is 27.0 Å². The first kappa shape index (κ1) is 26.7. The number of nitro groups is 2. The highest BCUT2D eigenvalue weighted by atomic mass is 32.2. The van der Waals surface area contributed by atoms with Crippen molar-refractivity contribution in [3.63, 3.8) is 0 Å². The minimum absolute atomic E-state index is 0.0567. The van der Waals surface area contributed by atoms with Gasteiger partial charge in [0, 0.05) is 36.9 Å². The minimum Gasteiger partial charge on any atom is -0.277 e. The van der Waals surface area contributed by atoms with E-state index in [-0.39, 0.29) is 22.0 Å². The second-order valence-corrected chi connectivity index (χ2v) is 12.7. The van der Waals surface area contributed by atoms with E-state index in [4.69, 9.17) is 0 Å². The standard InChI is InChI=1S/C24H20N6O6S3/c31-29(32)17-8-9-19(23(14-17)39(35,36)28-11-3-4-12-28)27-25-15-16-7-10-22(20(13-16)30(33)34)38-24-26-18-5-1-2-6-21(18)37-24/h1-2,5-10,13-15,27H,3-4,11-12H2/b25-15-. The van der Waals surface area contributed by atoms with E-state index < -0.39 is 19.9 Å². The number of rotatable bonds is 9. The van der Waals surface area contributed by atoms with Crippen molar-refractivity contribution < 1.29 is 18.3 Å². The molecule has 1 saturated heterocycles. The van der Waals surface area contributed by atoms with E-state index in [1.165, 1.54) is 51.8 Å². The van der Waals surface area contributed by atoms with Crippen LogP contribution in [0, 0.1) is 20.2 Å². The molecule has 4 aromatic rings. The van der Waals surface area contributed by atoms with Gasteiger partial charge < -0.3 is 0 Å². The Labute approximate surface area is 230 Å². The van der Waals surface area contributed by atoms with Crippen LogP contribution in [-0.2, 0) is 10.0 Å². The molecule has 0 amide bonds. The second kappa shape index (κ2) is 11.1. The van der Waals surface area contributed by atoms with Crippen LogP contribution in [0.25, 0.3) is 10.2 Å². The molecular formula is C24H20N6O6S3. The first-order valence-corrected chi connectivity index (χ1v) is 14.7. The van der Waals surface area contributed by atoms with Gasteiger partial charge in [0.2, 0.25) is 10.0 Å². The van der Waals surface area contributed by atoms with Gasteiger partial charge in [-0.1, -0.05) is 30.0 Å². The van der Waals surface area contributed by atoms with Crippen molar-refractivity contribution in [2.75, 3.05) is 18.5 Å². The van der Waals surface area contributed by atoms with Crippen LogP contribution in [0.1, 0.15) is 18.4 Å². The number of anilines is 1. The Kier molecular flexibility index (Phi) is 7.56. The Morgan fingerprint density at radius 2 is 1.79 bits per heavy atom. The molecule has 0 spiro atoms. The second-order valence-electron chi connectivity index (χ2n) is 8.45. The van der Waals surface area contributed by atoms with E-state index in [9.17, 15) is 28.6 Å². The number of non-ortho nitro benzene ring substituents is 1. The summed E-state index contributed by atoms with van der Waals surface area (Å²) in [5.41, 5.74) is 3.42. The molecular weight excluding hydrogens is 565 g/mol. The highest BCUT2D eigenvalue weighted by molar-refractivity contribution is 8.01. The van der Waals surface area contributed by atoms with Crippen molar-refractivity contribution in [1.82, 2.24) is 9.29 Å². The summed E-state index contributed by atoms with van der Waals surface area (Å²) in [4.78, 5) is 26.6. The first-order chi connectivity index (χ1) is 18.7. The van der Waals surface area contributed by atoms with Gasteiger partial charge in [0.1, 0.15) is 4.90 Å². The van der Waals surface area contributed by atoms with Gasteiger partial charge in [-0.15, -0.1) is 11.3 Å². The molecule has 0 atom stereocenters. The molecule has 1 N–H and O–H groups in total. The first-order valence-electron chi connectivity index (χ1n) is 11.6. The summed E-state index contributed by atoms with van der Waals surface area (Å²) < 4.78 is 29.3. The van der Waals surface area contributed by atoms with Gasteiger partial charge in [0.15, 0.2) is 4.34 Å². The van der Waals surface area contributed by atoms with E-state index in [1.54, 1.807) is 12.1 Å². The lowest BCUT2D eigenvalue weighted by Crippen LogP contribution is -2.28. The number of nitro benzene ring substituents is 2. The monoisotopic (exact) mass is 584 g/mol. The Morgan fingerprint density at radius 1 is 1.03 bits per heavy atom. The van der Waals surface area contributed by atoms with Crippen LogP contribution in [0.3, 0.4) is 0 Å². The molecule has 1 aliphatic rings. The van der Waals surface area contributed by atoms with E-state index >= 15 is 0 Å². The van der Waals surface area contributed by atoms with E-state index in [0.717, 1.165) is 16.3 Å². The molecule has 0 aliphatic carbocycles. The van der Waals surface area contributed by atoms with Gasteiger partial charge in [0.25, 0.3) is 11.4 Å². The fourth-order valence-corrected chi connectivity index (χ4v) is 7.79. The summed E-state index contributed by atoms with van der Waals surface area (Å²) in [5.74, 6) is 0. The van der Waals surface area contributed by atoms with Crippen molar-refractivity contribution in [3.05, 3.63) is 86.5 Å². The van der Waals surface area contributed by atoms with Gasteiger partial charge in [0.05, 0.1) is 36.9 Å². The highest BCUT2D eigenvalue weighted by Gasteiger charge is 2.31. The number of aromatic nitrogens is 1. The van der Waals surface area contributed by atoms with Gasteiger partial charge >= 0.3 is 0 Å². The summed E-state index contributed by atoms with van der Waals surface area (Å²) >= 11 is 2.64. The molecule has 0 unspecified atom stereocenters. The molecule has 5 rings (SSSR count). The van der Waals surface area contributed by atoms with Crippen molar-refractivity contribution in [3.8, 4) is 0 Å². The number of hydrazone groups is 1. The summed E-state index contributed by atoms with van der Waals surface area (Å²) in [6.45, 7) is 0.664.